The molecule has 1 aromatic heterocycles. The molecule has 1 N–H and O–H groups in total. The highest BCUT2D eigenvalue weighted by Crippen LogP contribution is 2.19. The molecule has 0 spiro atoms. The SMILES string of the molecule is CN1CCN(c2cc(N(C)CC(C)(C)O)ncn2)CC1=O. The topological polar surface area (TPSA) is 72.8 Å². The normalized spacial score (nSPS) is 16.3. The number of carbonyl (C=O) groups is 1. The zero-order valence-electron chi connectivity index (χ0n) is 13.1. The average Bonchev–Trinajstić information content (AvgIpc) is 2.40. The Balaban J connectivity index is 2.12. The van der Waals surface area contributed by atoms with Crippen molar-refractivity contribution in [3.05, 3.63) is 12.4 Å². The highest BCUT2D eigenvalue weighted by Gasteiger charge is 2.23. The summed E-state index contributed by atoms with van der Waals surface area (Å²) >= 11 is 0. The Bertz CT molecular complexity index is 514. The van der Waals surface area contributed by atoms with E-state index in [0.717, 1.165) is 18.2 Å². The second-order valence-electron chi connectivity index (χ2n) is 6.14. The molecule has 1 aliphatic rings. The molecule has 116 valence electrons. The first-order valence-corrected chi connectivity index (χ1v) is 7.01. The predicted octanol–water partition coefficient (Wildman–Crippen LogP) is -0.0379. The fourth-order valence-corrected chi connectivity index (χ4v) is 2.33. The van der Waals surface area contributed by atoms with E-state index in [-0.39, 0.29) is 5.91 Å². The van der Waals surface area contributed by atoms with Gasteiger partial charge in [0.2, 0.25) is 5.91 Å². The minimum atomic E-state index is -0.802. The number of hydrogen-bond acceptors (Lipinski definition) is 6. The Hall–Kier alpha value is -1.89. The lowest BCUT2D eigenvalue weighted by atomic mass is 10.1. The fourth-order valence-electron chi connectivity index (χ4n) is 2.33. The van der Waals surface area contributed by atoms with Gasteiger partial charge in [-0.3, -0.25) is 4.79 Å². The first-order valence-electron chi connectivity index (χ1n) is 7.01. The molecule has 7 heteroatoms. The van der Waals surface area contributed by atoms with Gasteiger partial charge in [0.1, 0.15) is 18.0 Å². The summed E-state index contributed by atoms with van der Waals surface area (Å²) < 4.78 is 0. The van der Waals surface area contributed by atoms with Gasteiger partial charge in [0.05, 0.1) is 12.1 Å². The Labute approximate surface area is 125 Å². The lowest BCUT2D eigenvalue weighted by Crippen LogP contribution is -2.48. The summed E-state index contributed by atoms with van der Waals surface area (Å²) in [4.78, 5) is 25.8. The quantitative estimate of drug-likeness (QED) is 0.840. The van der Waals surface area contributed by atoms with Crippen LogP contribution in [0.2, 0.25) is 0 Å². The molecule has 0 atom stereocenters. The molecule has 0 saturated carbocycles. The zero-order valence-corrected chi connectivity index (χ0v) is 13.1. The molecule has 0 aromatic carbocycles. The van der Waals surface area contributed by atoms with Crippen LogP contribution in [0, 0.1) is 0 Å². The fraction of sp³-hybridized carbons (Fsp3) is 0.643. The van der Waals surface area contributed by atoms with Gasteiger partial charge in [0.25, 0.3) is 0 Å². The van der Waals surface area contributed by atoms with E-state index < -0.39 is 5.60 Å². The van der Waals surface area contributed by atoms with E-state index in [1.807, 2.05) is 30.0 Å². The maximum atomic E-state index is 11.8. The largest absolute Gasteiger partial charge is 0.389 e. The van der Waals surface area contributed by atoms with Crippen LogP contribution >= 0.6 is 0 Å². The minimum absolute atomic E-state index is 0.0891. The summed E-state index contributed by atoms with van der Waals surface area (Å²) in [5.41, 5.74) is -0.802. The molecule has 1 saturated heterocycles. The lowest BCUT2D eigenvalue weighted by Gasteiger charge is -2.33. The van der Waals surface area contributed by atoms with Crippen molar-refractivity contribution in [2.45, 2.75) is 19.4 Å². The third-order valence-corrected chi connectivity index (χ3v) is 3.43. The monoisotopic (exact) mass is 293 g/mol. The number of aromatic nitrogens is 2. The summed E-state index contributed by atoms with van der Waals surface area (Å²) in [6.45, 7) is 5.76. The average molecular weight is 293 g/mol. The zero-order chi connectivity index (χ0) is 15.6. The summed E-state index contributed by atoms with van der Waals surface area (Å²) in [5.74, 6) is 1.56. The van der Waals surface area contributed by atoms with Crippen LogP contribution in [0.4, 0.5) is 11.6 Å². The van der Waals surface area contributed by atoms with Crippen LogP contribution in [0.5, 0.6) is 0 Å². The number of amides is 1. The first kappa shape index (κ1) is 15.5. The highest BCUT2D eigenvalue weighted by molar-refractivity contribution is 5.82. The first-order chi connectivity index (χ1) is 9.76. The van der Waals surface area contributed by atoms with Crippen LogP contribution in [0.1, 0.15) is 13.8 Å². The van der Waals surface area contributed by atoms with E-state index in [4.69, 9.17) is 0 Å². The smallest absolute Gasteiger partial charge is 0.241 e. The van der Waals surface area contributed by atoms with Gasteiger partial charge in [-0.1, -0.05) is 0 Å². The van der Waals surface area contributed by atoms with Crippen LogP contribution in [0.3, 0.4) is 0 Å². The number of anilines is 2. The Morgan fingerprint density at radius 3 is 2.71 bits per heavy atom. The van der Waals surface area contributed by atoms with Crippen molar-refractivity contribution in [2.75, 3.05) is 50.1 Å². The van der Waals surface area contributed by atoms with Crippen molar-refractivity contribution in [1.29, 1.82) is 0 Å². The van der Waals surface area contributed by atoms with Gasteiger partial charge in [-0.2, -0.15) is 0 Å². The molecule has 21 heavy (non-hydrogen) atoms. The van der Waals surface area contributed by atoms with Gasteiger partial charge in [0, 0.05) is 39.8 Å². The van der Waals surface area contributed by atoms with E-state index >= 15 is 0 Å². The van der Waals surface area contributed by atoms with Gasteiger partial charge < -0.3 is 19.8 Å². The summed E-state index contributed by atoms with van der Waals surface area (Å²) in [6, 6.07) is 1.85. The molecule has 0 bridgehead atoms. The van der Waals surface area contributed by atoms with Gasteiger partial charge in [0.15, 0.2) is 0 Å². The Kier molecular flexibility index (Phi) is 4.32. The molecule has 2 heterocycles. The molecule has 2 rings (SSSR count). The van der Waals surface area contributed by atoms with Crippen molar-refractivity contribution < 1.29 is 9.90 Å². The second-order valence-corrected chi connectivity index (χ2v) is 6.14. The van der Waals surface area contributed by atoms with Crippen LogP contribution in [-0.4, -0.2) is 71.8 Å². The van der Waals surface area contributed by atoms with Crippen LogP contribution in [0.25, 0.3) is 0 Å². The van der Waals surface area contributed by atoms with E-state index in [0.29, 0.717) is 19.6 Å². The number of aliphatic hydroxyl groups is 1. The molecule has 7 nitrogen and oxygen atoms in total. The number of nitrogens with zero attached hydrogens (tertiary/aromatic N) is 5. The van der Waals surface area contributed by atoms with Crippen molar-refractivity contribution in [3.63, 3.8) is 0 Å². The molecule has 1 aromatic rings. The number of rotatable bonds is 4. The van der Waals surface area contributed by atoms with E-state index in [1.165, 1.54) is 6.33 Å². The third kappa shape index (κ3) is 4.04. The van der Waals surface area contributed by atoms with Crippen LogP contribution in [-0.2, 0) is 4.79 Å². The van der Waals surface area contributed by atoms with E-state index in [1.54, 1.807) is 18.7 Å². The van der Waals surface area contributed by atoms with Crippen molar-refractivity contribution in [1.82, 2.24) is 14.9 Å². The van der Waals surface area contributed by atoms with E-state index in [2.05, 4.69) is 9.97 Å². The number of piperazine rings is 1. The highest BCUT2D eigenvalue weighted by atomic mass is 16.3. The van der Waals surface area contributed by atoms with Gasteiger partial charge in [-0.15, -0.1) is 0 Å². The Morgan fingerprint density at radius 1 is 1.38 bits per heavy atom. The van der Waals surface area contributed by atoms with Crippen molar-refractivity contribution in [3.8, 4) is 0 Å². The molecular formula is C14H23N5O2. The van der Waals surface area contributed by atoms with Gasteiger partial charge in [-0.25, -0.2) is 9.97 Å². The second kappa shape index (κ2) is 5.85. The van der Waals surface area contributed by atoms with Gasteiger partial charge in [-0.05, 0) is 13.8 Å². The number of hydrogen-bond donors (Lipinski definition) is 1. The predicted molar refractivity (Wildman–Crippen MR) is 81.4 cm³/mol. The molecule has 1 fully saturated rings. The van der Waals surface area contributed by atoms with E-state index in [9.17, 15) is 9.90 Å². The lowest BCUT2D eigenvalue weighted by molar-refractivity contribution is -0.129. The number of carbonyl (C=O) groups excluding carboxylic acids is 1. The molecule has 0 radical (unpaired) electrons. The van der Waals surface area contributed by atoms with Crippen LogP contribution < -0.4 is 9.80 Å². The standard InChI is InChI=1S/C14H23N5O2/c1-14(2,21)9-18(4)11-7-12(16-10-15-11)19-6-5-17(3)13(20)8-19/h7,10,21H,5-6,8-9H2,1-4H3. The van der Waals surface area contributed by atoms with Crippen molar-refractivity contribution >= 4 is 17.5 Å². The maximum Gasteiger partial charge on any atom is 0.241 e. The minimum Gasteiger partial charge on any atom is -0.389 e. The molecular weight excluding hydrogens is 270 g/mol. The summed E-state index contributed by atoms with van der Waals surface area (Å²) in [6.07, 6.45) is 1.49. The molecule has 1 aliphatic heterocycles. The molecule has 1 amide bonds. The van der Waals surface area contributed by atoms with Gasteiger partial charge >= 0.3 is 0 Å². The van der Waals surface area contributed by atoms with Crippen LogP contribution in [0.15, 0.2) is 12.4 Å². The van der Waals surface area contributed by atoms with Crippen molar-refractivity contribution in [2.24, 2.45) is 0 Å². The number of likely N-dealkylation sites (N-methyl/N-ethyl adjacent to an activating group) is 2. The maximum absolute atomic E-state index is 11.8. The summed E-state index contributed by atoms with van der Waals surface area (Å²) in [7, 11) is 3.68. The molecule has 0 unspecified atom stereocenters. The Morgan fingerprint density at radius 2 is 2.10 bits per heavy atom. The molecule has 0 aliphatic carbocycles. The third-order valence-electron chi connectivity index (χ3n) is 3.43. The summed E-state index contributed by atoms with van der Waals surface area (Å²) in [5, 5.41) is 9.89.